The van der Waals surface area contributed by atoms with Gasteiger partial charge in [0, 0.05) is 18.2 Å². The van der Waals surface area contributed by atoms with E-state index in [0.29, 0.717) is 5.92 Å². The third-order valence-electron chi connectivity index (χ3n) is 4.67. The molecule has 0 amide bonds. The Morgan fingerprint density at radius 2 is 1.70 bits per heavy atom. The molecule has 23 heavy (non-hydrogen) atoms. The lowest BCUT2D eigenvalue weighted by Gasteiger charge is -2.19. The molecule has 0 aromatic heterocycles. The highest BCUT2D eigenvalue weighted by atomic mass is 14.7. The topological polar surface area (TPSA) is 12.4 Å². The molecule has 0 saturated carbocycles. The summed E-state index contributed by atoms with van der Waals surface area (Å²) in [5.41, 5.74) is 8.01. The summed E-state index contributed by atoms with van der Waals surface area (Å²) < 4.78 is 0. The summed E-state index contributed by atoms with van der Waals surface area (Å²) in [5, 5.41) is 0. The number of hydrogen-bond donors (Lipinski definition) is 0. The van der Waals surface area contributed by atoms with E-state index in [0.717, 1.165) is 18.7 Å². The van der Waals surface area contributed by atoms with Crippen LogP contribution in [0.15, 0.2) is 59.1 Å². The van der Waals surface area contributed by atoms with Crippen molar-refractivity contribution in [1.29, 1.82) is 0 Å². The van der Waals surface area contributed by atoms with Gasteiger partial charge in [0.05, 0.1) is 0 Å². The third kappa shape index (κ3) is 3.14. The summed E-state index contributed by atoms with van der Waals surface area (Å²) in [5.74, 6) is 0.360. The summed E-state index contributed by atoms with van der Waals surface area (Å²) in [4.78, 5) is 4.79. The summed E-state index contributed by atoms with van der Waals surface area (Å²) in [6, 6.07) is 17.5. The molecule has 0 aliphatic heterocycles. The van der Waals surface area contributed by atoms with Crippen LogP contribution in [0.1, 0.15) is 61.8 Å². The standard InChI is InChI=1S/C22H25N/c1-4-5-14-23-17(3)19-11-8-9-13-21(19)22-16(2)15-18-10-6-7-12-20(18)22/h6-13,15,22H,4-5,14H2,1-3H3/b23-17+. The van der Waals surface area contributed by atoms with Gasteiger partial charge in [-0.15, -0.1) is 0 Å². The fourth-order valence-corrected chi connectivity index (χ4v) is 3.46. The minimum atomic E-state index is 0.360. The number of allylic oxidation sites excluding steroid dienone is 1. The maximum absolute atomic E-state index is 4.79. The van der Waals surface area contributed by atoms with E-state index in [2.05, 4.69) is 75.4 Å². The van der Waals surface area contributed by atoms with E-state index in [4.69, 9.17) is 4.99 Å². The van der Waals surface area contributed by atoms with E-state index in [1.165, 1.54) is 34.2 Å². The summed E-state index contributed by atoms with van der Waals surface area (Å²) in [7, 11) is 0. The van der Waals surface area contributed by atoms with Crippen LogP contribution in [-0.2, 0) is 0 Å². The Bertz CT molecular complexity index is 752. The Hall–Kier alpha value is -2.15. The average molecular weight is 303 g/mol. The quantitative estimate of drug-likeness (QED) is 0.485. The number of unbranched alkanes of at least 4 members (excludes halogenated alkanes) is 1. The molecule has 1 unspecified atom stereocenters. The zero-order valence-electron chi connectivity index (χ0n) is 14.3. The van der Waals surface area contributed by atoms with Crippen molar-refractivity contribution in [2.24, 2.45) is 4.99 Å². The van der Waals surface area contributed by atoms with Gasteiger partial charge in [-0.05, 0) is 42.5 Å². The maximum Gasteiger partial charge on any atom is 0.0392 e. The number of nitrogens with zero attached hydrogens (tertiary/aromatic N) is 1. The number of hydrogen-bond acceptors (Lipinski definition) is 1. The van der Waals surface area contributed by atoms with Gasteiger partial charge in [0.25, 0.3) is 0 Å². The molecule has 118 valence electrons. The van der Waals surface area contributed by atoms with Gasteiger partial charge < -0.3 is 0 Å². The normalized spacial score (nSPS) is 17.1. The van der Waals surface area contributed by atoms with E-state index in [-0.39, 0.29) is 0 Å². The van der Waals surface area contributed by atoms with Gasteiger partial charge >= 0.3 is 0 Å². The molecule has 2 aromatic carbocycles. The lowest BCUT2D eigenvalue weighted by Crippen LogP contribution is -2.08. The predicted molar refractivity (Wildman–Crippen MR) is 100 cm³/mol. The van der Waals surface area contributed by atoms with E-state index in [1.54, 1.807) is 0 Å². The first-order chi connectivity index (χ1) is 11.2. The second-order valence-corrected chi connectivity index (χ2v) is 6.36. The van der Waals surface area contributed by atoms with Crippen molar-refractivity contribution in [1.82, 2.24) is 0 Å². The SMILES string of the molecule is CCCC/N=C(\C)c1ccccc1C1C(C)=Cc2ccccc21. The lowest BCUT2D eigenvalue weighted by molar-refractivity contribution is 0.807. The van der Waals surface area contributed by atoms with Crippen molar-refractivity contribution in [2.75, 3.05) is 6.54 Å². The first-order valence-electron chi connectivity index (χ1n) is 8.60. The van der Waals surface area contributed by atoms with Crippen LogP contribution >= 0.6 is 0 Å². The van der Waals surface area contributed by atoms with Gasteiger partial charge in [-0.3, -0.25) is 4.99 Å². The van der Waals surface area contributed by atoms with Gasteiger partial charge in [0.1, 0.15) is 0 Å². The van der Waals surface area contributed by atoms with Gasteiger partial charge in [0.15, 0.2) is 0 Å². The molecule has 2 aromatic rings. The van der Waals surface area contributed by atoms with Crippen LogP contribution < -0.4 is 0 Å². The van der Waals surface area contributed by atoms with Crippen molar-refractivity contribution in [3.05, 3.63) is 76.4 Å². The molecule has 0 saturated heterocycles. The van der Waals surface area contributed by atoms with Crippen LogP contribution in [0.5, 0.6) is 0 Å². The molecule has 1 aliphatic carbocycles. The lowest BCUT2D eigenvalue weighted by atomic mass is 9.85. The fraction of sp³-hybridized carbons (Fsp3) is 0.318. The van der Waals surface area contributed by atoms with E-state index in [1.807, 2.05) is 0 Å². The smallest absolute Gasteiger partial charge is 0.0392 e. The predicted octanol–water partition coefficient (Wildman–Crippen LogP) is 5.84. The minimum Gasteiger partial charge on any atom is -0.289 e. The number of fused-ring (bicyclic) bond motifs is 1. The second kappa shape index (κ2) is 6.95. The number of aliphatic imine (C=N–C) groups is 1. The van der Waals surface area contributed by atoms with Crippen LogP contribution in [0.25, 0.3) is 6.08 Å². The van der Waals surface area contributed by atoms with E-state index >= 15 is 0 Å². The number of rotatable bonds is 5. The second-order valence-electron chi connectivity index (χ2n) is 6.36. The molecular weight excluding hydrogens is 278 g/mol. The Balaban J connectivity index is 2.02. The first-order valence-corrected chi connectivity index (χ1v) is 8.60. The van der Waals surface area contributed by atoms with Gasteiger partial charge in [0.2, 0.25) is 0 Å². The Morgan fingerprint density at radius 3 is 2.48 bits per heavy atom. The molecule has 0 radical (unpaired) electrons. The monoisotopic (exact) mass is 303 g/mol. The highest BCUT2D eigenvalue weighted by Crippen LogP contribution is 2.41. The molecule has 1 heteroatoms. The van der Waals surface area contributed by atoms with Crippen molar-refractivity contribution in [2.45, 2.75) is 39.5 Å². The summed E-state index contributed by atoms with van der Waals surface area (Å²) >= 11 is 0. The van der Waals surface area contributed by atoms with Crippen molar-refractivity contribution >= 4 is 11.8 Å². The summed E-state index contributed by atoms with van der Waals surface area (Å²) in [6.45, 7) is 7.52. The van der Waals surface area contributed by atoms with Gasteiger partial charge in [-0.1, -0.05) is 73.5 Å². The fourth-order valence-electron chi connectivity index (χ4n) is 3.46. The molecule has 0 spiro atoms. The van der Waals surface area contributed by atoms with Gasteiger partial charge in [-0.25, -0.2) is 0 Å². The molecule has 1 nitrogen and oxygen atoms in total. The van der Waals surface area contributed by atoms with Gasteiger partial charge in [-0.2, -0.15) is 0 Å². The molecule has 0 fully saturated rings. The largest absolute Gasteiger partial charge is 0.289 e. The maximum atomic E-state index is 4.79. The Labute approximate surface area is 139 Å². The van der Waals surface area contributed by atoms with E-state index < -0.39 is 0 Å². The minimum absolute atomic E-state index is 0.360. The zero-order valence-corrected chi connectivity index (χ0v) is 14.3. The van der Waals surface area contributed by atoms with Crippen LogP contribution in [0.3, 0.4) is 0 Å². The Morgan fingerprint density at radius 1 is 1.00 bits per heavy atom. The zero-order chi connectivity index (χ0) is 16.2. The van der Waals surface area contributed by atoms with Crippen molar-refractivity contribution in [3.63, 3.8) is 0 Å². The molecule has 0 heterocycles. The van der Waals surface area contributed by atoms with E-state index in [9.17, 15) is 0 Å². The Kier molecular flexibility index (Phi) is 4.76. The third-order valence-corrected chi connectivity index (χ3v) is 4.67. The molecule has 1 aliphatic rings. The molecule has 1 atom stereocenters. The molecule has 3 rings (SSSR count). The summed E-state index contributed by atoms with van der Waals surface area (Å²) in [6.07, 6.45) is 4.67. The first kappa shape index (κ1) is 15.7. The molecule has 0 N–H and O–H groups in total. The van der Waals surface area contributed by atoms with Crippen LogP contribution in [0.2, 0.25) is 0 Å². The van der Waals surface area contributed by atoms with Crippen LogP contribution in [0, 0.1) is 0 Å². The highest BCUT2D eigenvalue weighted by Gasteiger charge is 2.25. The van der Waals surface area contributed by atoms with Crippen LogP contribution in [-0.4, -0.2) is 12.3 Å². The molecule has 0 bridgehead atoms. The van der Waals surface area contributed by atoms with Crippen molar-refractivity contribution in [3.8, 4) is 0 Å². The van der Waals surface area contributed by atoms with Crippen LogP contribution in [0.4, 0.5) is 0 Å². The highest BCUT2D eigenvalue weighted by molar-refractivity contribution is 6.00. The van der Waals surface area contributed by atoms with Crippen molar-refractivity contribution < 1.29 is 0 Å². The number of benzene rings is 2. The average Bonchev–Trinajstić information content (AvgIpc) is 2.90. The molecular formula is C22H25N.